The quantitative estimate of drug-likeness (QED) is 0.634. The molecule has 0 aromatic rings. The molecule has 0 aliphatic carbocycles. The molecule has 1 N–H and O–H groups in total. The molecule has 1 unspecified atom stereocenters. The molecular formula is C9H19NOS. The fraction of sp³-hybridized carbons (Fsp3) is 1.00. The summed E-state index contributed by atoms with van der Waals surface area (Å²) in [6.07, 6.45) is 4.75. The van der Waals surface area contributed by atoms with Crippen molar-refractivity contribution in [3.8, 4) is 0 Å². The standard InChI is InChI=1S/C9H19NOS/c11-7-2-4-9-3-1-5-10(9)6-8-12/h9,11-12H,1-8H2. The molecule has 0 amide bonds. The van der Waals surface area contributed by atoms with Gasteiger partial charge in [-0.15, -0.1) is 0 Å². The fourth-order valence-electron chi connectivity index (χ4n) is 1.97. The highest BCUT2D eigenvalue weighted by Gasteiger charge is 2.22. The van der Waals surface area contributed by atoms with Crippen LogP contribution in [0.5, 0.6) is 0 Å². The molecule has 1 atom stereocenters. The van der Waals surface area contributed by atoms with Crippen molar-refractivity contribution < 1.29 is 5.11 Å². The number of rotatable bonds is 5. The number of aliphatic hydroxyl groups excluding tert-OH is 1. The van der Waals surface area contributed by atoms with E-state index in [0.29, 0.717) is 6.61 Å². The van der Waals surface area contributed by atoms with E-state index < -0.39 is 0 Å². The van der Waals surface area contributed by atoms with Crippen LogP contribution in [0.1, 0.15) is 25.7 Å². The summed E-state index contributed by atoms with van der Waals surface area (Å²) in [6.45, 7) is 2.68. The van der Waals surface area contributed by atoms with Crippen LogP contribution in [-0.4, -0.2) is 41.5 Å². The lowest BCUT2D eigenvalue weighted by Crippen LogP contribution is -2.31. The molecule has 0 bridgehead atoms. The van der Waals surface area contributed by atoms with Crippen LogP contribution >= 0.6 is 12.6 Å². The van der Waals surface area contributed by atoms with Crippen LogP contribution < -0.4 is 0 Å². The number of hydrogen-bond acceptors (Lipinski definition) is 3. The molecule has 0 aromatic carbocycles. The van der Waals surface area contributed by atoms with E-state index in [1.54, 1.807) is 0 Å². The maximum absolute atomic E-state index is 8.71. The summed E-state index contributed by atoms with van der Waals surface area (Å²) in [7, 11) is 0. The first-order valence-electron chi connectivity index (χ1n) is 4.84. The van der Waals surface area contributed by atoms with Crippen molar-refractivity contribution in [1.82, 2.24) is 4.90 Å². The first-order chi connectivity index (χ1) is 5.88. The van der Waals surface area contributed by atoms with Gasteiger partial charge in [-0.3, -0.25) is 4.90 Å². The summed E-state index contributed by atoms with van der Waals surface area (Å²) in [4.78, 5) is 2.50. The van der Waals surface area contributed by atoms with Gasteiger partial charge in [0.05, 0.1) is 0 Å². The molecule has 3 heteroatoms. The summed E-state index contributed by atoms with van der Waals surface area (Å²) in [5.74, 6) is 0.954. The van der Waals surface area contributed by atoms with Gasteiger partial charge in [0, 0.05) is 24.9 Å². The molecular weight excluding hydrogens is 170 g/mol. The van der Waals surface area contributed by atoms with Crippen LogP contribution in [0.25, 0.3) is 0 Å². The highest BCUT2D eigenvalue weighted by atomic mass is 32.1. The van der Waals surface area contributed by atoms with Crippen molar-refractivity contribution in [3.05, 3.63) is 0 Å². The third kappa shape index (κ3) is 2.96. The minimum absolute atomic E-state index is 0.339. The molecule has 1 saturated heterocycles. The first-order valence-corrected chi connectivity index (χ1v) is 5.47. The van der Waals surface area contributed by atoms with Crippen LogP contribution in [0.4, 0.5) is 0 Å². The van der Waals surface area contributed by atoms with E-state index in [2.05, 4.69) is 17.5 Å². The van der Waals surface area contributed by atoms with E-state index in [4.69, 9.17) is 5.11 Å². The zero-order valence-electron chi connectivity index (χ0n) is 7.58. The molecule has 2 nitrogen and oxygen atoms in total. The third-order valence-corrected chi connectivity index (χ3v) is 2.78. The molecule has 0 aromatic heterocycles. The molecule has 1 rings (SSSR count). The highest BCUT2D eigenvalue weighted by molar-refractivity contribution is 7.80. The maximum atomic E-state index is 8.71. The summed E-state index contributed by atoms with van der Waals surface area (Å²) >= 11 is 4.24. The molecule has 1 heterocycles. The van der Waals surface area contributed by atoms with Crippen molar-refractivity contribution in [2.45, 2.75) is 31.7 Å². The SMILES string of the molecule is OCCCC1CCCN1CCS. The van der Waals surface area contributed by atoms with Gasteiger partial charge in [-0.1, -0.05) is 0 Å². The van der Waals surface area contributed by atoms with Gasteiger partial charge in [-0.25, -0.2) is 0 Å². The Labute approximate surface area is 80.4 Å². The topological polar surface area (TPSA) is 23.5 Å². The Kier molecular flexibility index (Phi) is 5.04. The highest BCUT2D eigenvalue weighted by Crippen LogP contribution is 2.20. The Morgan fingerprint density at radius 1 is 1.50 bits per heavy atom. The molecule has 0 spiro atoms. The number of nitrogens with zero attached hydrogens (tertiary/aromatic N) is 1. The lowest BCUT2D eigenvalue weighted by molar-refractivity contribution is 0.225. The lowest BCUT2D eigenvalue weighted by Gasteiger charge is -2.23. The van der Waals surface area contributed by atoms with Gasteiger partial charge in [0.15, 0.2) is 0 Å². The van der Waals surface area contributed by atoms with Crippen molar-refractivity contribution in [2.75, 3.05) is 25.4 Å². The van der Waals surface area contributed by atoms with Gasteiger partial charge in [0.1, 0.15) is 0 Å². The Morgan fingerprint density at radius 2 is 2.33 bits per heavy atom. The first kappa shape index (κ1) is 10.4. The van der Waals surface area contributed by atoms with Gasteiger partial charge in [-0.05, 0) is 32.2 Å². The van der Waals surface area contributed by atoms with Crippen LogP contribution in [0.15, 0.2) is 0 Å². The Morgan fingerprint density at radius 3 is 3.00 bits per heavy atom. The second-order valence-corrected chi connectivity index (χ2v) is 3.87. The fourth-order valence-corrected chi connectivity index (χ4v) is 2.23. The molecule has 0 radical (unpaired) electrons. The number of hydrogen-bond donors (Lipinski definition) is 2. The second kappa shape index (κ2) is 5.84. The van der Waals surface area contributed by atoms with E-state index in [9.17, 15) is 0 Å². The molecule has 1 aliphatic heterocycles. The van der Waals surface area contributed by atoms with E-state index in [1.807, 2.05) is 0 Å². The largest absolute Gasteiger partial charge is 0.396 e. The number of aliphatic hydroxyl groups is 1. The van der Waals surface area contributed by atoms with Crippen molar-refractivity contribution in [1.29, 1.82) is 0 Å². The summed E-state index contributed by atoms with van der Waals surface area (Å²) in [5.41, 5.74) is 0. The Balaban J connectivity index is 2.20. The summed E-state index contributed by atoms with van der Waals surface area (Å²) in [6, 6.07) is 0.726. The van der Waals surface area contributed by atoms with E-state index in [1.165, 1.54) is 19.4 Å². The average molecular weight is 189 g/mol. The molecule has 1 aliphatic rings. The minimum atomic E-state index is 0.339. The van der Waals surface area contributed by atoms with Gasteiger partial charge in [0.25, 0.3) is 0 Å². The average Bonchev–Trinajstić information content (AvgIpc) is 2.50. The van der Waals surface area contributed by atoms with Gasteiger partial charge in [-0.2, -0.15) is 12.6 Å². The molecule has 12 heavy (non-hydrogen) atoms. The zero-order chi connectivity index (χ0) is 8.81. The van der Waals surface area contributed by atoms with Crippen molar-refractivity contribution >= 4 is 12.6 Å². The second-order valence-electron chi connectivity index (χ2n) is 3.42. The predicted molar refractivity (Wildman–Crippen MR) is 54.8 cm³/mol. The van der Waals surface area contributed by atoms with Crippen LogP contribution in [0.3, 0.4) is 0 Å². The lowest BCUT2D eigenvalue weighted by atomic mass is 10.1. The van der Waals surface area contributed by atoms with Crippen molar-refractivity contribution in [2.24, 2.45) is 0 Å². The van der Waals surface area contributed by atoms with E-state index >= 15 is 0 Å². The molecule has 0 saturated carbocycles. The van der Waals surface area contributed by atoms with E-state index in [-0.39, 0.29) is 0 Å². The third-order valence-electron chi connectivity index (χ3n) is 2.58. The summed E-state index contributed by atoms with van der Waals surface area (Å²) < 4.78 is 0. The number of likely N-dealkylation sites (tertiary alicyclic amines) is 1. The summed E-state index contributed by atoms with van der Waals surface area (Å²) in [5, 5.41) is 8.71. The smallest absolute Gasteiger partial charge is 0.0431 e. The molecule has 1 fully saturated rings. The van der Waals surface area contributed by atoms with E-state index in [0.717, 1.165) is 31.2 Å². The zero-order valence-corrected chi connectivity index (χ0v) is 8.47. The Hall–Kier alpha value is 0.270. The monoisotopic (exact) mass is 189 g/mol. The Bertz CT molecular complexity index is 121. The maximum Gasteiger partial charge on any atom is 0.0431 e. The van der Waals surface area contributed by atoms with Crippen LogP contribution in [0, 0.1) is 0 Å². The van der Waals surface area contributed by atoms with Gasteiger partial charge < -0.3 is 5.11 Å². The predicted octanol–water partition coefficient (Wildman–Crippen LogP) is 1.15. The number of thiol groups is 1. The van der Waals surface area contributed by atoms with Crippen LogP contribution in [0.2, 0.25) is 0 Å². The normalized spacial score (nSPS) is 25.0. The van der Waals surface area contributed by atoms with Crippen molar-refractivity contribution in [3.63, 3.8) is 0 Å². The van der Waals surface area contributed by atoms with Gasteiger partial charge >= 0.3 is 0 Å². The molecule has 72 valence electrons. The van der Waals surface area contributed by atoms with Gasteiger partial charge in [0.2, 0.25) is 0 Å². The van der Waals surface area contributed by atoms with Crippen LogP contribution in [-0.2, 0) is 0 Å². The minimum Gasteiger partial charge on any atom is -0.396 e.